The summed E-state index contributed by atoms with van der Waals surface area (Å²) in [6.45, 7) is 2.50. The van der Waals surface area contributed by atoms with E-state index >= 15 is 0 Å². The molecule has 2 aromatic carbocycles. The van der Waals surface area contributed by atoms with E-state index in [-0.39, 0.29) is 0 Å². The van der Waals surface area contributed by atoms with E-state index in [0.29, 0.717) is 29.9 Å². The van der Waals surface area contributed by atoms with E-state index in [9.17, 15) is 0 Å². The van der Waals surface area contributed by atoms with Gasteiger partial charge in [0.2, 0.25) is 5.95 Å². The Morgan fingerprint density at radius 1 is 0.926 bits per heavy atom. The monoisotopic (exact) mass is 367 g/mol. The van der Waals surface area contributed by atoms with Crippen LogP contribution in [0.4, 0.5) is 23.1 Å². The third-order valence-electron chi connectivity index (χ3n) is 3.66. The smallest absolute Gasteiger partial charge is 0.249 e. The number of anilines is 4. The molecule has 27 heavy (non-hydrogen) atoms. The third kappa shape index (κ3) is 4.55. The van der Waals surface area contributed by atoms with Gasteiger partial charge in [-0.05, 0) is 31.2 Å². The van der Waals surface area contributed by atoms with Gasteiger partial charge in [0.15, 0.2) is 5.82 Å². The average molecular weight is 367 g/mol. The van der Waals surface area contributed by atoms with Crippen molar-refractivity contribution in [2.75, 3.05) is 31.5 Å². The van der Waals surface area contributed by atoms with Gasteiger partial charge in [-0.2, -0.15) is 10.1 Å². The fourth-order valence-electron chi connectivity index (χ4n) is 2.43. The van der Waals surface area contributed by atoms with Crippen LogP contribution < -0.4 is 24.8 Å². The van der Waals surface area contributed by atoms with E-state index in [0.717, 1.165) is 17.1 Å². The number of methoxy groups -OCH3 is 2. The molecular formula is C19H21N5O3. The first-order chi connectivity index (χ1) is 13.2. The highest BCUT2D eigenvalue weighted by Gasteiger charge is 2.09. The molecule has 0 amide bonds. The lowest BCUT2D eigenvalue weighted by atomic mass is 10.2. The quantitative estimate of drug-likeness (QED) is 0.622. The van der Waals surface area contributed by atoms with E-state index in [4.69, 9.17) is 14.2 Å². The van der Waals surface area contributed by atoms with Crippen molar-refractivity contribution in [3.8, 4) is 17.2 Å². The summed E-state index contributed by atoms with van der Waals surface area (Å²) < 4.78 is 16.2. The first-order valence-corrected chi connectivity index (χ1v) is 8.41. The molecule has 1 heterocycles. The van der Waals surface area contributed by atoms with Crippen molar-refractivity contribution in [2.24, 2.45) is 0 Å². The molecule has 0 saturated carbocycles. The zero-order valence-corrected chi connectivity index (χ0v) is 15.4. The molecule has 8 nitrogen and oxygen atoms in total. The summed E-state index contributed by atoms with van der Waals surface area (Å²) in [5.41, 5.74) is 1.50. The minimum absolute atomic E-state index is 0.347. The molecule has 0 unspecified atom stereocenters. The maximum absolute atomic E-state index is 5.60. The van der Waals surface area contributed by atoms with Gasteiger partial charge < -0.3 is 24.8 Å². The van der Waals surface area contributed by atoms with Gasteiger partial charge in [-0.25, -0.2) is 0 Å². The number of rotatable bonds is 8. The van der Waals surface area contributed by atoms with Gasteiger partial charge in [-0.3, -0.25) is 0 Å². The molecule has 3 aromatic rings. The van der Waals surface area contributed by atoms with Gasteiger partial charge in [-0.1, -0.05) is 12.1 Å². The normalized spacial score (nSPS) is 10.2. The van der Waals surface area contributed by atoms with Gasteiger partial charge in [0.05, 0.1) is 38.4 Å². The van der Waals surface area contributed by atoms with Crippen LogP contribution in [0.1, 0.15) is 6.92 Å². The van der Waals surface area contributed by atoms with Crippen LogP contribution in [0, 0.1) is 0 Å². The Balaban J connectivity index is 1.81. The second kappa shape index (κ2) is 8.70. The number of nitrogens with one attached hydrogen (secondary N) is 2. The van der Waals surface area contributed by atoms with E-state index in [2.05, 4.69) is 25.8 Å². The summed E-state index contributed by atoms with van der Waals surface area (Å²) in [6.07, 6.45) is 1.53. The lowest BCUT2D eigenvalue weighted by molar-refractivity contribution is 0.342. The van der Waals surface area contributed by atoms with Crippen LogP contribution in [0.3, 0.4) is 0 Å². The minimum atomic E-state index is 0.347. The molecule has 0 bridgehead atoms. The molecule has 2 N–H and O–H groups in total. The zero-order valence-electron chi connectivity index (χ0n) is 15.4. The average Bonchev–Trinajstić information content (AvgIpc) is 2.70. The van der Waals surface area contributed by atoms with Crippen LogP contribution in [0.5, 0.6) is 17.2 Å². The van der Waals surface area contributed by atoms with Gasteiger partial charge in [0.1, 0.15) is 17.2 Å². The predicted octanol–water partition coefficient (Wildman–Crippen LogP) is 3.77. The molecule has 1 aromatic heterocycles. The van der Waals surface area contributed by atoms with Crippen molar-refractivity contribution in [3.63, 3.8) is 0 Å². The Morgan fingerprint density at radius 2 is 1.74 bits per heavy atom. The fourth-order valence-corrected chi connectivity index (χ4v) is 2.43. The molecule has 0 saturated heterocycles. The summed E-state index contributed by atoms with van der Waals surface area (Å²) in [5, 5.41) is 14.3. The van der Waals surface area contributed by atoms with Crippen molar-refractivity contribution in [2.45, 2.75) is 6.92 Å². The molecule has 140 valence electrons. The largest absolute Gasteiger partial charge is 0.497 e. The standard InChI is InChI=1S/C19H21N5O3/c1-4-27-16-8-6-5-7-14(16)22-19-23-18(12-20-24-19)21-15-10-9-13(25-2)11-17(15)26-3/h5-12H,4H2,1-3H3,(H2,21,22,23,24). The second-order valence-electron chi connectivity index (χ2n) is 5.41. The highest BCUT2D eigenvalue weighted by Crippen LogP contribution is 2.31. The lowest BCUT2D eigenvalue weighted by Gasteiger charge is -2.13. The molecule has 8 heteroatoms. The Hall–Kier alpha value is -3.55. The number of aromatic nitrogens is 3. The Labute approximate surface area is 157 Å². The van der Waals surface area contributed by atoms with Crippen LogP contribution in [0.2, 0.25) is 0 Å². The van der Waals surface area contributed by atoms with Crippen LogP contribution >= 0.6 is 0 Å². The number of ether oxygens (including phenoxy) is 3. The molecule has 0 fully saturated rings. The Kier molecular flexibility index (Phi) is 5.88. The molecule has 0 radical (unpaired) electrons. The first kappa shape index (κ1) is 18.2. The molecule has 0 atom stereocenters. The first-order valence-electron chi connectivity index (χ1n) is 8.41. The van der Waals surface area contributed by atoms with Gasteiger partial charge >= 0.3 is 0 Å². The predicted molar refractivity (Wildman–Crippen MR) is 104 cm³/mol. The summed E-state index contributed by atoms with van der Waals surface area (Å²) in [4.78, 5) is 4.44. The molecule has 0 aliphatic rings. The zero-order chi connectivity index (χ0) is 19.1. The van der Waals surface area contributed by atoms with Gasteiger partial charge in [0, 0.05) is 6.07 Å². The van der Waals surface area contributed by atoms with Crippen molar-refractivity contribution in [1.29, 1.82) is 0 Å². The molecule has 0 aliphatic carbocycles. The fraction of sp³-hybridized carbons (Fsp3) is 0.211. The van der Waals surface area contributed by atoms with Crippen molar-refractivity contribution in [1.82, 2.24) is 15.2 Å². The van der Waals surface area contributed by atoms with E-state index in [1.165, 1.54) is 6.20 Å². The van der Waals surface area contributed by atoms with E-state index in [1.54, 1.807) is 20.3 Å². The van der Waals surface area contributed by atoms with Crippen molar-refractivity contribution in [3.05, 3.63) is 48.7 Å². The van der Waals surface area contributed by atoms with Crippen LogP contribution in [-0.4, -0.2) is 36.0 Å². The van der Waals surface area contributed by atoms with E-state index < -0.39 is 0 Å². The number of hydrogen-bond donors (Lipinski definition) is 2. The highest BCUT2D eigenvalue weighted by atomic mass is 16.5. The second-order valence-corrected chi connectivity index (χ2v) is 5.41. The lowest BCUT2D eigenvalue weighted by Crippen LogP contribution is -2.04. The third-order valence-corrected chi connectivity index (χ3v) is 3.66. The van der Waals surface area contributed by atoms with E-state index in [1.807, 2.05) is 43.3 Å². The minimum Gasteiger partial charge on any atom is -0.497 e. The van der Waals surface area contributed by atoms with Crippen LogP contribution in [-0.2, 0) is 0 Å². The summed E-state index contributed by atoms with van der Waals surface area (Å²) >= 11 is 0. The Bertz CT molecular complexity index is 904. The van der Waals surface area contributed by atoms with Crippen molar-refractivity contribution < 1.29 is 14.2 Å². The summed E-state index contributed by atoms with van der Waals surface area (Å²) in [5.74, 6) is 2.92. The molecular weight excluding hydrogens is 346 g/mol. The number of nitrogens with zero attached hydrogens (tertiary/aromatic N) is 3. The maximum Gasteiger partial charge on any atom is 0.249 e. The SMILES string of the molecule is CCOc1ccccc1Nc1nncc(Nc2ccc(OC)cc2OC)n1. The van der Waals surface area contributed by atoms with Crippen LogP contribution in [0.15, 0.2) is 48.7 Å². The van der Waals surface area contributed by atoms with Gasteiger partial charge in [-0.15, -0.1) is 5.10 Å². The molecule has 3 rings (SSSR count). The summed E-state index contributed by atoms with van der Waals surface area (Å²) in [6, 6.07) is 13.0. The molecule has 0 spiro atoms. The summed E-state index contributed by atoms with van der Waals surface area (Å²) in [7, 11) is 3.20. The number of benzene rings is 2. The number of hydrogen-bond acceptors (Lipinski definition) is 8. The maximum atomic E-state index is 5.60. The van der Waals surface area contributed by atoms with Crippen molar-refractivity contribution >= 4 is 23.1 Å². The highest BCUT2D eigenvalue weighted by molar-refractivity contribution is 5.67. The topological polar surface area (TPSA) is 90.4 Å². The Morgan fingerprint density at radius 3 is 2.52 bits per heavy atom. The van der Waals surface area contributed by atoms with Gasteiger partial charge in [0.25, 0.3) is 0 Å². The van der Waals surface area contributed by atoms with Crippen LogP contribution in [0.25, 0.3) is 0 Å². The molecule has 0 aliphatic heterocycles. The number of para-hydroxylation sites is 2.